The number of ether oxygens (including phenoxy) is 2. The summed E-state index contributed by atoms with van der Waals surface area (Å²) in [6.45, 7) is 4.71. The number of methoxy groups -OCH3 is 1. The summed E-state index contributed by atoms with van der Waals surface area (Å²) in [4.78, 5) is 14.7. The zero-order chi connectivity index (χ0) is 21.9. The van der Waals surface area contributed by atoms with Gasteiger partial charge in [-0.2, -0.15) is 0 Å². The molecule has 0 amide bonds. The SMILES string of the molecule is COc1ccc([C@@H](CNCc2cc(=O)oc3cc4c(cc23)CCC4)N2CCOCC2)cc1. The molecule has 0 bridgehead atoms. The lowest BCUT2D eigenvalue weighted by atomic mass is 10.0. The zero-order valence-electron chi connectivity index (χ0n) is 18.6. The van der Waals surface area contributed by atoms with E-state index in [-0.39, 0.29) is 11.7 Å². The fourth-order valence-corrected chi connectivity index (χ4v) is 4.96. The van der Waals surface area contributed by atoms with Crippen molar-refractivity contribution in [3.05, 3.63) is 75.1 Å². The molecule has 1 N–H and O–H groups in total. The minimum absolute atomic E-state index is 0.223. The summed E-state index contributed by atoms with van der Waals surface area (Å²) in [5.41, 5.74) is 5.37. The highest BCUT2D eigenvalue weighted by Gasteiger charge is 2.23. The van der Waals surface area contributed by atoms with E-state index >= 15 is 0 Å². The van der Waals surface area contributed by atoms with E-state index in [0.717, 1.165) is 62.4 Å². The van der Waals surface area contributed by atoms with Crippen LogP contribution in [0, 0.1) is 0 Å². The number of rotatable bonds is 7. The number of hydrogen-bond donors (Lipinski definition) is 1. The van der Waals surface area contributed by atoms with Gasteiger partial charge in [-0.3, -0.25) is 4.90 Å². The van der Waals surface area contributed by atoms with E-state index in [2.05, 4.69) is 34.5 Å². The molecule has 5 rings (SSSR count). The molecule has 1 aliphatic carbocycles. The van der Waals surface area contributed by atoms with Crippen molar-refractivity contribution in [3.8, 4) is 5.75 Å². The molecule has 0 saturated carbocycles. The van der Waals surface area contributed by atoms with Gasteiger partial charge in [0.25, 0.3) is 0 Å². The standard InChI is InChI=1S/C26H30N2O4/c1-30-22-7-5-18(6-8-22)24(28-9-11-31-12-10-28)17-27-16-21-15-26(29)32-25-14-20-4-2-3-19(20)13-23(21)25/h5-8,13-15,24,27H,2-4,9-12,16-17H2,1H3/t24-/m1/s1. The molecule has 2 aromatic carbocycles. The smallest absolute Gasteiger partial charge is 0.336 e. The maximum Gasteiger partial charge on any atom is 0.336 e. The first-order valence-electron chi connectivity index (χ1n) is 11.5. The van der Waals surface area contributed by atoms with Crippen molar-refractivity contribution in [3.63, 3.8) is 0 Å². The Kier molecular flexibility index (Phi) is 6.26. The molecule has 2 heterocycles. The molecule has 1 fully saturated rings. The molecule has 0 unspecified atom stereocenters. The minimum atomic E-state index is -0.285. The van der Waals surface area contributed by atoms with Crippen molar-refractivity contribution in [1.29, 1.82) is 0 Å². The number of morpholine rings is 1. The van der Waals surface area contributed by atoms with Crippen LogP contribution in [0.15, 0.2) is 51.7 Å². The largest absolute Gasteiger partial charge is 0.497 e. The van der Waals surface area contributed by atoms with Gasteiger partial charge in [0.1, 0.15) is 11.3 Å². The van der Waals surface area contributed by atoms with Gasteiger partial charge < -0.3 is 19.2 Å². The second-order valence-corrected chi connectivity index (χ2v) is 8.63. The van der Waals surface area contributed by atoms with E-state index in [1.54, 1.807) is 13.2 Å². The highest BCUT2D eigenvalue weighted by Crippen LogP contribution is 2.29. The van der Waals surface area contributed by atoms with Gasteiger partial charge in [0.05, 0.1) is 20.3 Å². The zero-order valence-corrected chi connectivity index (χ0v) is 18.6. The van der Waals surface area contributed by atoms with Gasteiger partial charge in [-0.1, -0.05) is 12.1 Å². The predicted octanol–water partition coefficient (Wildman–Crippen LogP) is 3.45. The summed E-state index contributed by atoms with van der Waals surface area (Å²) in [7, 11) is 1.69. The molecule has 1 aliphatic heterocycles. The molecule has 6 heteroatoms. The Morgan fingerprint density at radius 1 is 1.06 bits per heavy atom. The Labute approximate surface area is 188 Å². The monoisotopic (exact) mass is 434 g/mol. The number of nitrogens with one attached hydrogen (secondary N) is 1. The first-order valence-corrected chi connectivity index (χ1v) is 11.5. The van der Waals surface area contributed by atoms with Crippen molar-refractivity contribution >= 4 is 11.0 Å². The van der Waals surface area contributed by atoms with Crippen LogP contribution in [-0.4, -0.2) is 44.9 Å². The number of hydrogen-bond acceptors (Lipinski definition) is 6. The van der Waals surface area contributed by atoms with Gasteiger partial charge in [0, 0.05) is 43.7 Å². The van der Waals surface area contributed by atoms with Crippen molar-refractivity contribution in [2.24, 2.45) is 0 Å². The Morgan fingerprint density at radius 2 is 1.81 bits per heavy atom. The van der Waals surface area contributed by atoms with Crippen molar-refractivity contribution in [1.82, 2.24) is 10.2 Å². The van der Waals surface area contributed by atoms with Gasteiger partial charge in [-0.25, -0.2) is 4.79 Å². The highest BCUT2D eigenvalue weighted by atomic mass is 16.5. The lowest BCUT2D eigenvalue weighted by molar-refractivity contribution is 0.0161. The lowest BCUT2D eigenvalue weighted by Crippen LogP contribution is -2.42. The van der Waals surface area contributed by atoms with Crippen molar-refractivity contribution in [2.75, 3.05) is 40.0 Å². The summed E-state index contributed by atoms with van der Waals surface area (Å²) in [6, 6.07) is 14.4. The van der Waals surface area contributed by atoms with Crippen LogP contribution in [0.2, 0.25) is 0 Å². The van der Waals surface area contributed by atoms with E-state index in [9.17, 15) is 4.79 Å². The Hall–Kier alpha value is -2.67. The lowest BCUT2D eigenvalue weighted by Gasteiger charge is -2.35. The Bertz CT molecular complexity index is 1130. The van der Waals surface area contributed by atoms with Crippen LogP contribution >= 0.6 is 0 Å². The van der Waals surface area contributed by atoms with Gasteiger partial charge in [0.15, 0.2) is 0 Å². The van der Waals surface area contributed by atoms with Crippen molar-refractivity contribution in [2.45, 2.75) is 31.8 Å². The first kappa shape index (κ1) is 21.2. The third-order valence-corrected chi connectivity index (χ3v) is 6.68. The predicted molar refractivity (Wildman–Crippen MR) is 124 cm³/mol. The molecule has 168 valence electrons. The average molecular weight is 435 g/mol. The van der Waals surface area contributed by atoms with Crippen LogP contribution in [-0.2, 0) is 24.1 Å². The maximum absolute atomic E-state index is 12.2. The van der Waals surface area contributed by atoms with Crippen LogP contribution in [0.1, 0.15) is 34.7 Å². The molecule has 1 aromatic heterocycles. The molecule has 32 heavy (non-hydrogen) atoms. The molecule has 1 saturated heterocycles. The average Bonchev–Trinajstić information content (AvgIpc) is 3.28. The summed E-state index contributed by atoms with van der Waals surface area (Å²) in [5.74, 6) is 0.859. The summed E-state index contributed by atoms with van der Waals surface area (Å²) in [6.07, 6.45) is 3.35. The second kappa shape index (κ2) is 9.45. The Morgan fingerprint density at radius 3 is 2.56 bits per heavy atom. The maximum atomic E-state index is 12.2. The third kappa shape index (κ3) is 4.44. The van der Waals surface area contributed by atoms with E-state index < -0.39 is 0 Å². The number of aryl methyl sites for hydroxylation is 2. The fraction of sp³-hybridized carbons (Fsp3) is 0.423. The number of benzene rings is 2. The molecule has 3 aromatic rings. The summed E-state index contributed by atoms with van der Waals surface area (Å²) >= 11 is 0. The molecule has 1 atom stereocenters. The molecular formula is C26H30N2O4. The Balaban J connectivity index is 1.36. The van der Waals surface area contributed by atoms with Crippen LogP contribution < -0.4 is 15.7 Å². The summed E-state index contributed by atoms with van der Waals surface area (Å²) < 4.78 is 16.4. The van der Waals surface area contributed by atoms with E-state index in [0.29, 0.717) is 12.1 Å². The number of fused-ring (bicyclic) bond motifs is 2. The van der Waals surface area contributed by atoms with Gasteiger partial charge >= 0.3 is 5.63 Å². The summed E-state index contributed by atoms with van der Waals surface area (Å²) in [5, 5.41) is 4.67. The molecular weight excluding hydrogens is 404 g/mol. The van der Waals surface area contributed by atoms with Gasteiger partial charge in [-0.05, 0) is 65.8 Å². The third-order valence-electron chi connectivity index (χ3n) is 6.68. The van der Waals surface area contributed by atoms with E-state index in [1.165, 1.54) is 23.1 Å². The molecule has 6 nitrogen and oxygen atoms in total. The van der Waals surface area contributed by atoms with Gasteiger partial charge in [-0.15, -0.1) is 0 Å². The van der Waals surface area contributed by atoms with Crippen LogP contribution in [0.4, 0.5) is 0 Å². The second-order valence-electron chi connectivity index (χ2n) is 8.63. The quantitative estimate of drug-likeness (QED) is 0.575. The van der Waals surface area contributed by atoms with Crippen LogP contribution in [0.3, 0.4) is 0 Å². The highest BCUT2D eigenvalue weighted by molar-refractivity contribution is 5.82. The van der Waals surface area contributed by atoms with Crippen molar-refractivity contribution < 1.29 is 13.9 Å². The molecule has 0 radical (unpaired) electrons. The van der Waals surface area contributed by atoms with Crippen LogP contribution in [0.5, 0.6) is 5.75 Å². The van der Waals surface area contributed by atoms with Crippen LogP contribution in [0.25, 0.3) is 11.0 Å². The molecule has 2 aliphatic rings. The van der Waals surface area contributed by atoms with E-state index in [1.807, 2.05) is 12.1 Å². The fourth-order valence-electron chi connectivity index (χ4n) is 4.96. The molecule has 0 spiro atoms. The number of nitrogens with zero attached hydrogens (tertiary/aromatic N) is 1. The first-order chi connectivity index (χ1) is 15.7. The normalized spacial score (nSPS) is 17.4. The topological polar surface area (TPSA) is 63.9 Å². The van der Waals surface area contributed by atoms with E-state index in [4.69, 9.17) is 13.9 Å². The minimum Gasteiger partial charge on any atom is -0.497 e. The van der Waals surface area contributed by atoms with Gasteiger partial charge in [0.2, 0.25) is 0 Å².